The molecule has 0 aliphatic rings. The first-order valence-electron chi connectivity index (χ1n) is 13.9. The highest BCUT2D eigenvalue weighted by atomic mass is 32.1. The Hall–Kier alpha value is -3.79. The van der Waals surface area contributed by atoms with E-state index in [1.165, 1.54) is 30.2 Å². The normalized spacial score (nSPS) is 12.9. The van der Waals surface area contributed by atoms with Gasteiger partial charge in [-0.1, -0.05) is 44.2 Å². The fraction of sp³-hybridized carbons (Fsp3) is 0.419. The van der Waals surface area contributed by atoms with Crippen molar-refractivity contribution in [1.29, 1.82) is 5.26 Å². The number of thiocarbonyl (C=S) groups is 1. The van der Waals surface area contributed by atoms with E-state index in [2.05, 4.69) is 16.4 Å². The third kappa shape index (κ3) is 9.61. The Balaban J connectivity index is 1.89. The third-order valence-corrected chi connectivity index (χ3v) is 7.39. The molecule has 43 heavy (non-hydrogen) atoms. The summed E-state index contributed by atoms with van der Waals surface area (Å²) in [6.45, 7) is 4.76. The van der Waals surface area contributed by atoms with Crippen LogP contribution >= 0.6 is 12.2 Å². The highest BCUT2D eigenvalue weighted by Gasteiger charge is 2.36. The van der Waals surface area contributed by atoms with Gasteiger partial charge >= 0.3 is 6.18 Å². The van der Waals surface area contributed by atoms with Gasteiger partial charge in [-0.05, 0) is 53.9 Å². The molecule has 1 unspecified atom stereocenters. The lowest BCUT2D eigenvalue weighted by Crippen LogP contribution is -2.55. The number of alkyl halides is 3. The summed E-state index contributed by atoms with van der Waals surface area (Å²) in [4.78, 5) is 19.6. The number of ketones is 1. The van der Waals surface area contributed by atoms with Crippen molar-refractivity contribution in [3.8, 4) is 6.07 Å². The van der Waals surface area contributed by atoms with Crippen LogP contribution in [0.3, 0.4) is 0 Å². The molecule has 0 radical (unpaired) electrons. The number of hydrogen-bond donors (Lipinski definition) is 2. The Kier molecular flexibility index (Phi) is 12.2. The number of nitrogens with two attached hydrogens (primary N) is 1. The van der Waals surface area contributed by atoms with Gasteiger partial charge in [0.2, 0.25) is 0 Å². The van der Waals surface area contributed by atoms with E-state index in [4.69, 9.17) is 28.0 Å². The maximum absolute atomic E-state index is 13.9. The number of hydrogen-bond acceptors (Lipinski definition) is 6. The second kappa shape index (κ2) is 15.6. The third-order valence-electron chi connectivity index (χ3n) is 7.01. The number of rotatable bonds is 14. The molecule has 0 aliphatic carbocycles. The maximum Gasteiger partial charge on any atom is 0.416 e. The Labute approximate surface area is 255 Å². The maximum atomic E-state index is 13.9. The van der Waals surface area contributed by atoms with Crippen molar-refractivity contribution in [2.24, 2.45) is 17.6 Å². The number of imidazole rings is 1. The van der Waals surface area contributed by atoms with E-state index < -0.39 is 23.8 Å². The minimum absolute atomic E-state index is 0.00224. The number of aromatic nitrogens is 2. The number of carbonyl (C=O) groups is 1. The molecule has 12 heteroatoms. The van der Waals surface area contributed by atoms with Gasteiger partial charge in [0.1, 0.15) is 5.78 Å². The summed E-state index contributed by atoms with van der Waals surface area (Å²) in [5, 5.41) is 12.2. The van der Waals surface area contributed by atoms with E-state index in [-0.39, 0.29) is 35.3 Å². The van der Waals surface area contributed by atoms with Crippen molar-refractivity contribution in [3.05, 3.63) is 89.0 Å². The first-order chi connectivity index (χ1) is 20.4. The number of nitriles is 1. The van der Waals surface area contributed by atoms with Gasteiger partial charge in [-0.2, -0.15) is 18.4 Å². The number of nitrogens with zero attached hydrogens (tertiary/aromatic N) is 4. The lowest BCUT2D eigenvalue weighted by molar-refractivity contribution is -0.138. The van der Waals surface area contributed by atoms with Crippen LogP contribution < -0.4 is 11.1 Å². The van der Waals surface area contributed by atoms with Gasteiger partial charge in [-0.15, -0.1) is 0 Å². The minimum atomic E-state index is -4.57. The summed E-state index contributed by atoms with van der Waals surface area (Å²) < 4.78 is 48.5. The molecule has 3 aromatic rings. The van der Waals surface area contributed by atoms with Crippen LogP contribution in [0.2, 0.25) is 0 Å². The summed E-state index contributed by atoms with van der Waals surface area (Å²) in [7, 11) is 1.53. The van der Waals surface area contributed by atoms with Crippen LogP contribution in [0.5, 0.6) is 0 Å². The predicted molar refractivity (Wildman–Crippen MR) is 162 cm³/mol. The SMILES string of the molecule is COCCNC(=S)N(Cc1ccccc1C(F)(F)F)C(N)[C@H](CC(C)C)C(=O)Cc1cncn1Cc1ccc(C#N)cc1. The molecule has 0 bridgehead atoms. The van der Waals surface area contributed by atoms with Crippen molar-refractivity contribution >= 4 is 23.1 Å². The zero-order valence-corrected chi connectivity index (χ0v) is 25.3. The van der Waals surface area contributed by atoms with Gasteiger partial charge in [0.05, 0.1) is 42.2 Å². The molecule has 0 saturated carbocycles. The summed E-state index contributed by atoms with van der Waals surface area (Å²) >= 11 is 5.60. The van der Waals surface area contributed by atoms with E-state index in [1.807, 2.05) is 30.5 Å². The van der Waals surface area contributed by atoms with Crippen LogP contribution in [0, 0.1) is 23.2 Å². The average molecular weight is 615 g/mol. The fourth-order valence-corrected chi connectivity index (χ4v) is 5.10. The van der Waals surface area contributed by atoms with E-state index in [0.717, 1.165) is 11.6 Å². The van der Waals surface area contributed by atoms with Crippen LogP contribution in [-0.4, -0.2) is 51.8 Å². The van der Waals surface area contributed by atoms with Crippen molar-refractivity contribution in [2.75, 3.05) is 20.3 Å². The molecular weight excluding hydrogens is 577 g/mol. The van der Waals surface area contributed by atoms with Gasteiger partial charge in [0.15, 0.2) is 5.11 Å². The Morgan fingerprint density at radius 3 is 2.53 bits per heavy atom. The number of ether oxygens (including phenoxy) is 1. The number of benzene rings is 2. The molecule has 0 fully saturated rings. The predicted octanol–water partition coefficient (Wildman–Crippen LogP) is 4.90. The molecule has 2 atom stereocenters. The Morgan fingerprint density at radius 1 is 1.21 bits per heavy atom. The van der Waals surface area contributed by atoms with Gasteiger partial charge in [0.25, 0.3) is 0 Å². The van der Waals surface area contributed by atoms with Gasteiger partial charge in [-0.25, -0.2) is 4.98 Å². The molecule has 0 saturated heterocycles. The summed E-state index contributed by atoms with van der Waals surface area (Å²) in [6, 6.07) is 14.5. The number of Topliss-reactive ketones (excluding diaryl/α,β-unsaturated/α-hetero) is 1. The van der Waals surface area contributed by atoms with Crippen LogP contribution in [-0.2, 0) is 35.2 Å². The van der Waals surface area contributed by atoms with E-state index >= 15 is 0 Å². The zero-order chi connectivity index (χ0) is 31.6. The van der Waals surface area contributed by atoms with Gasteiger partial charge in [-0.3, -0.25) is 4.79 Å². The lowest BCUT2D eigenvalue weighted by Gasteiger charge is -2.37. The summed E-state index contributed by atoms with van der Waals surface area (Å²) in [6.07, 6.45) is -1.90. The highest BCUT2D eigenvalue weighted by molar-refractivity contribution is 7.80. The molecule has 3 N–H and O–H groups in total. The molecule has 3 rings (SSSR count). The van der Waals surface area contributed by atoms with E-state index in [9.17, 15) is 18.0 Å². The van der Waals surface area contributed by atoms with E-state index in [1.54, 1.807) is 24.7 Å². The molecule has 2 aromatic carbocycles. The molecule has 0 amide bonds. The Bertz CT molecular complexity index is 1400. The standard InChI is InChI=1S/C31H37F3N6O2S/c1-21(2)14-26(28(41)15-25-17-37-20-39(25)18-23-10-8-22(16-35)9-11-23)29(36)40(30(43)38-12-13-42-3)19-24-6-4-5-7-27(24)31(32,33)34/h4-11,17,20-21,26,29H,12-15,18-19,36H2,1-3H3,(H,38,43)/t26-,29?/m1/s1. The van der Waals surface area contributed by atoms with Crippen molar-refractivity contribution < 1.29 is 22.7 Å². The molecule has 8 nitrogen and oxygen atoms in total. The zero-order valence-electron chi connectivity index (χ0n) is 24.5. The Morgan fingerprint density at radius 2 is 1.91 bits per heavy atom. The van der Waals surface area contributed by atoms with Crippen LogP contribution in [0.1, 0.15) is 48.2 Å². The number of nitrogens with one attached hydrogen (secondary N) is 1. The number of carbonyl (C=O) groups excluding carboxylic acids is 1. The van der Waals surface area contributed by atoms with Crippen LogP contribution in [0.4, 0.5) is 13.2 Å². The molecular formula is C31H37F3N6O2S. The number of methoxy groups -OCH3 is 1. The minimum Gasteiger partial charge on any atom is -0.383 e. The molecule has 0 aliphatic heterocycles. The molecule has 0 spiro atoms. The quantitative estimate of drug-likeness (QED) is 0.150. The van der Waals surface area contributed by atoms with Crippen molar-refractivity contribution in [2.45, 2.75) is 52.1 Å². The molecule has 230 valence electrons. The monoisotopic (exact) mass is 614 g/mol. The smallest absolute Gasteiger partial charge is 0.383 e. The summed E-state index contributed by atoms with van der Waals surface area (Å²) in [5.74, 6) is -0.835. The largest absolute Gasteiger partial charge is 0.416 e. The fourth-order valence-electron chi connectivity index (χ4n) is 4.81. The van der Waals surface area contributed by atoms with Gasteiger partial charge in [0, 0.05) is 45.1 Å². The summed E-state index contributed by atoms with van der Waals surface area (Å²) in [5.41, 5.74) is 8.12. The molecule has 1 heterocycles. The van der Waals surface area contributed by atoms with Gasteiger partial charge < -0.3 is 25.3 Å². The second-order valence-electron chi connectivity index (χ2n) is 10.7. The van der Waals surface area contributed by atoms with E-state index in [0.29, 0.717) is 37.4 Å². The topological polar surface area (TPSA) is 109 Å². The van der Waals surface area contributed by atoms with Crippen LogP contribution in [0.15, 0.2) is 61.1 Å². The van der Waals surface area contributed by atoms with Crippen molar-refractivity contribution in [1.82, 2.24) is 19.8 Å². The number of halogens is 3. The lowest BCUT2D eigenvalue weighted by atomic mass is 9.88. The average Bonchev–Trinajstić information content (AvgIpc) is 3.40. The first-order valence-corrected chi connectivity index (χ1v) is 14.3. The highest BCUT2D eigenvalue weighted by Crippen LogP contribution is 2.33. The van der Waals surface area contributed by atoms with Crippen LogP contribution in [0.25, 0.3) is 0 Å². The van der Waals surface area contributed by atoms with Crippen molar-refractivity contribution in [3.63, 3.8) is 0 Å². The first kappa shape index (κ1) is 33.7. The molecule has 1 aromatic heterocycles. The second-order valence-corrected chi connectivity index (χ2v) is 11.1.